The number of carbonyl (C=O) groups excluding carboxylic acids is 1. The monoisotopic (exact) mass is 190 g/mol. The zero-order valence-corrected chi connectivity index (χ0v) is 8.99. The van der Waals surface area contributed by atoms with Gasteiger partial charge in [-0.15, -0.1) is 0 Å². The van der Waals surface area contributed by atoms with Crippen LogP contribution in [-0.2, 0) is 4.79 Å². The van der Waals surface area contributed by atoms with E-state index in [1.165, 1.54) is 5.56 Å². The van der Waals surface area contributed by atoms with Gasteiger partial charge in [-0.3, -0.25) is 0 Å². The summed E-state index contributed by atoms with van der Waals surface area (Å²) in [6.45, 7) is 3.83. The van der Waals surface area contributed by atoms with Gasteiger partial charge in [-0.1, -0.05) is 43.7 Å². The Morgan fingerprint density at radius 2 is 1.93 bits per heavy atom. The van der Waals surface area contributed by atoms with Gasteiger partial charge in [0.25, 0.3) is 0 Å². The number of benzene rings is 1. The largest absolute Gasteiger partial charge is 0.300 e. The molecular weight excluding hydrogens is 172 g/mol. The van der Waals surface area contributed by atoms with Crippen molar-refractivity contribution in [2.24, 2.45) is 0 Å². The molecule has 1 aromatic rings. The van der Waals surface area contributed by atoms with Gasteiger partial charge in [0, 0.05) is 6.42 Å². The molecule has 0 spiro atoms. The van der Waals surface area contributed by atoms with E-state index in [0.717, 1.165) is 12.8 Å². The van der Waals surface area contributed by atoms with Crippen LogP contribution in [0.3, 0.4) is 0 Å². The molecule has 1 aromatic carbocycles. The summed E-state index contributed by atoms with van der Waals surface area (Å²) in [5.41, 5.74) is 1.30. The summed E-state index contributed by atoms with van der Waals surface area (Å²) in [5, 5.41) is 0. The average molecular weight is 190 g/mol. The number of hydrogen-bond acceptors (Lipinski definition) is 1. The van der Waals surface area contributed by atoms with Crippen molar-refractivity contribution in [3.8, 4) is 0 Å². The van der Waals surface area contributed by atoms with Crippen LogP contribution in [0.5, 0.6) is 0 Å². The van der Waals surface area contributed by atoms with Crippen LogP contribution in [0.4, 0.5) is 0 Å². The molecule has 0 saturated heterocycles. The van der Waals surface area contributed by atoms with E-state index in [0.29, 0.717) is 12.3 Å². The summed E-state index contributed by atoms with van der Waals surface area (Å²) in [4.78, 5) is 11.1. The van der Waals surface area contributed by atoms with Crippen molar-refractivity contribution in [1.82, 2.24) is 0 Å². The van der Waals surface area contributed by atoms with Crippen LogP contribution in [0.1, 0.15) is 44.6 Å². The van der Waals surface area contributed by atoms with Gasteiger partial charge in [-0.25, -0.2) is 0 Å². The molecule has 1 nitrogen and oxygen atoms in total. The molecule has 14 heavy (non-hydrogen) atoms. The summed E-state index contributed by atoms with van der Waals surface area (Å²) in [5.74, 6) is 0.700. The number of carbonyl (C=O) groups is 1. The first-order chi connectivity index (χ1) is 6.74. The zero-order chi connectivity index (χ0) is 10.4. The van der Waals surface area contributed by atoms with Gasteiger partial charge in [0.1, 0.15) is 5.78 Å². The Bertz CT molecular complexity index is 277. The lowest BCUT2D eigenvalue weighted by atomic mass is 9.90. The summed E-state index contributed by atoms with van der Waals surface area (Å²) in [6.07, 6.45) is 2.91. The highest BCUT2D eigenvalue weighted by molar-refractivity contribution is 5.76. The summed E-state index contributed by atoms with van der Waals surface area (Å²) in [6, 6.07) is 10.3. The number of rotatable bonds is 5. The minimum Gasteiger partial charge on any atom is -0.300 e. The first-order valence-corrected chi connectivity index (χ1v) is 5.28. The lowest BCUT2D eigenvalue weighted by Crippen LogP contribution is -2.03. The second-order valence-corrected chi connectivity index (χ2v) is 3.80. The van der Waals surface area contributed by atoms with E-state index in [4.69, 9.17) is 0 Å². The second-order valence-electron chi connectivity index (χ2n) is 3.80. The molecule has 0 aliphatic rings. The molecule has 0 bridgehead atoms. The van der Waals surface area contributed by atoms with Crippen LogP contribution < -0.4 is 0 Å². The van der Waals surface area contributed by atoms with Crippen molar-refractivity contribution in [2.75, 3.05) is 0 Å². The van der Waals surface area contributed by atoms with E-state index >= 15 is 0 Å². The highest BCUT2D eigenvalue weighted by Crippen LogP contribution is 2.24. The van der Waals surface area contributed by atoms with Gasteiger partial charge in [-0.2, -0.15) is 0 Å². The third-order valence-electron chi connectivity index (χ3n) is 2.44. The van der Waals surface area contributed by atoms with Crippen LogP contribution in [0.25, 0.3) is 0 Å². The van der Waals surface area contributed by atoms with Gasteiger partial charge < -0.3 is 4.79 Å². The average Bonchev–Trinajstić information content (AvgIpc) is 2.18. The SMILES string of the molecule is CCCC(CC(C)=O)c1ccccc1. The minimum atomic E-state index is 0.285. The first kappa shape index (κ1) is 11.0. The topological polar surface area (TPSA) is 17.1 Å². The van der Waals surface area contributed by atoms with Crippen molar-refractivity contribution in [2.45, 2.75) is 39.0 Å². The Labute approximate surface area is 86.1 Å². The molecule has 1 unspecified atom stereocenters. The lowest BCUT2D eigenvalue weighted by molar-refractivity contribution is -0.117. The van der Waals surface area contributed by atoms with E-state index in [9.17, 15) is 4.79 Å². The normalized spacial score (nSPS) is 12.4. The molecule has 0 aromatic heterocycles. The van der Waals surface area contributed by atoms with Crippen LogP contribution in [0.15, 0.2) is 30.3 Å². The third kappa shape index (κ3) is 3.33. The Morgan fingerprint density at radius 3 is 2.43 bits per heavy atom. The maximum absolute atomic E-state index is 11.1. The molecule has 0 radical (unpaired) electrons. The van der Waals surface area contributed by atoms with Gasteiger partial charge in [-0.05, 0) is 24.8 Å². The predicted molar refractivity (Wildman–Crippen MR) is 59.4 cm³/mol. The van der Waals surface area contributed by atoms with Crippen LogP contribution in [0.2, 0.25) is 0 Å². The highest BCUT2D eigenvalue weighted by atomic mass is 16.1. The quantitative estimate of drug-likeness (QED) is 0.694. The number of Topliss-reactive ketones (excluding diaryl/α,β-unsaturated/α-hetero) is 1. The molecule has 76 valence electrons. The fraction of sp³-hybridized carbons (Fsp3) is 0.462. The predicted octanol–water partition coefficient (Wildman–Crippen LogP) is 3.55. The van der Waals surface area contributed by atoms with Gasteiger partial charge in [0.2, 0.25) is 0 Å². The Kier molecular flexibility index (Phi) is 4.37. The van der Waals surface area contributed by atoms with E-state index in [-0.39, 0.29) is 5.78 Å². The first-order valence-electron chi connectivity index (χ1n) is 5.28. The summed E-state index contributed by atoms with van der Waals surface area (Å²) in [7, 11) is 0. The molecule has 1 heteroatoms. The van der Waals surface area contributed by atoms with Crippen molar-refractivity contribution < 1.29 is 4.79 Å². The van der Waals surface area contributed by atoms with E-state index in [2.05, 4.69) is 19.1 Å². The van der Waals surface area contributed by atoms with Crippen LogP contribution in [0, 0.1) is 0 Å². The van der Waals surface area contributed by atoms with Crippen LogP contribution in [-0.4, -0.2) is 5.78 Å². The van der Waals surface area contributed by atoms with E-state index in [1.807, 2.05) is 18.2 Å². The Morgan fingerprint density at radius 1 is 1.29 bits per heavy atom. The molecular formula is C13H18O. The standard InChI is InChI=1S/C13H18O/c1-3-7-13(10-11(2)14)12-8-5-4-6-9-12/h4-6,8-9,13H,3,7,10H2,1-2H3. The Balaban J connectivity index is 2.72. The van der Waals surface area contributed by atoms with Crippen molar-refractivity contribution in [1.29, 1.82) is 0 Å². The van der Waals surface area contributed by atoms with Crippen LogP contribution >= 0.6 is 0 Å². The number of hydrogen-bond donors (Lipinski definition) is 0. The smallest absolute Gasteiger partial charge is 0.130 e. The van der Waals surface area contributed by atoms with Crippen molar-refractivity contribution >= 4 is 5.78 Å². The Hall–Kier alpha value is -1.11. The highest BCUT2D eigenvalue weighted by Gasteiger charge is 2.11. The molecule has 0 fully saturated rings. The number of ketones is 1. The molecule has 0 aliphatic heterocycles. The zero-order valence-electron chi connectivity index (χ0n) is 8.99. The van der Waals surface area contributed by atoms with Gasteiger partial charge >= 0.3 is 0 Å². The fourth-order valence-electron chi connectivity index (χ4n) is 1.81. The van der Waals surface area contributed by atoms with Crippen molar-refractivity contribution in [3.63, 3.8) is 0 Å². The maximum Gasteiger partial charge on any atom is 0.130 e. The lowest BCUT2D eigenvalue weighted by Gasteiger charge is -2.14. The fourth-order valence-corrected chi connectivity index (χ4v) is 1.81. The molecule has 0 heterocycles. The second kappa shape index (κ2) is 5.58. The minimum absolute atomic E-state index is 0.285. The van der Waals surface area contributed by atoms with Crippen molar-refractivity contribution in [3.05, 3.63) is 35.9 Å². The molecule has 0 N–H and O–H groups in total. The molecule has 1 atom stereocenters. The summed E-state index contributed by atoms with van der Waals surface area (Å²) < 4.78 is 0. The van der Waals surface area contributed by atoms with Gasteiger partial charge in [0.05, 0.1) is 0 Å². The third-order valence-corrected chi connectivity index (χ3v) is 2.44. The molecule has 0 saturated carbocycles. The van der Waals surface area contributed by atoms with Gasteiger partial charge in [0.15, 0.2) is 0 Å². The molecule has 1 rings (SSSR count). The van der Waals surface area contributed by atoms with E-state index < -0.39 is 0 Å². The molecule has 0 aliphatic carbocycles. The summed E-state index contributed by atoms with van der Waals surface area (Å²) >= 11 is 0. The maximum atomic E-state index is 11.1. The molecule has 0 amide bonds. The van der Waals surface area contributed by atoms with E-state index in [1.54, 1.807) is 6.92 Å².